The Bertz CT molecular complexity index is 856. The summed E-state index contributed by atoms with van der Waals surface area (Å²) in [5.74, 6) is -2.81. The van der Waals surface area contributed by atoms with Crippen molar-refractivity contribution < 1.29 is 26.2 Å². The first kappa shape index (κ1) is 18.1. The molecular formula is C15H16F2N2O4S. The second-order valence-corrected chi connectivity index (χ2v) is 6.78. The minimum absolute atomic E-state index is 0.0613. The smallest absolute Gasteiger partial charge is 0.357 e. The van der Waals surface area contributed by atoms with Gasteiger partial charge in [-0.05, 0) is 12.8 Å². The monoisotopic (exact) mass is 358 g/mol. The third-order valence-electron chi connectivity index (χ3n) is 3.22. The SMILES string of the molecule is CCn1c(C=O)nc(C(C)C)c1S(=O)(=O)Oc1cc(F)cc(F)c1. The van der Waals surface area contributed by atoms with Crippen LogP contribution < -0.4 is 4.18 Å². The Hall–Kier alpha value is -2.29. The molecule has 1 aromatic heterocycles. The Morgan fingerprint density at radius 2 is 1.83 bits per heavy atom. The van der Waals surface area contributed by atoms with E-state index in [1.54, 1.807) is 20.8 Å². The van der Waals surface area contributed by atoms with Crippen LogP contribution in [0.1, 0.15) is 43.0 Å². The molecule has 130 valence electrons. The largest absolute Gasteiger partial charge is 0.378 e. The number of carbonyl (C=O) groups excluding carboxylic acids is 1. The van der Waals surface area contributed by atoms with Crippen molar-refractivity contribution in [3.05, 3.63) is 41.4 Å². The molecule has 0 saturated heterocycles. The molecule has 24 heavy (non-hydrogen) atoms. The third kappa shape index (κ3) is 3.45. The van der Waals surface area contributed by atoms with Gasteiger partial charge in [0.05, 0.1) is 5.69 Å². The van der Waals surface area contributed by atoms with Gasteiger partial charge in [-0.25, -0.2) is 13.8 Å². The summed E-state index contributed by atoms with van der Waals surface area (Å²) in [7, 11) is -4.45. The van der Waals surface area contributed by atoms with Gasteiger partial charge in [0.2, 0.25) is 0 Å². The summed E-state index contributed by atoms with van der Waals surface area (Å²) >= 11 is 0. The first-order valence-electron chi connectivity index (χ1n) is 7.15. The van der Waals surface area contributed by atoms with Crippen molar-refractivity contribution in [3.63, 3.8) is 0 Å². The van der Waals surface area contributed by atoms with Crippen molar-refractivity contribution in [1.29, 1.82) is 0 Å². The van der Waals surface area contributed by atoms with E-state index in [9.17, 15) is 22.0 Å². The maximum absolute atomic E-state index is 13.2. The summed E-state index contributed by atoms with van der Waals surface area (Å²) in [5.41, 5.74) is 0.149. The Morgan fingerprint density at radius 1 is 1.25 bits per heavy atom. The molecule has 0 spiro atoms. The predicted octanol–water partition coefficient (Wildman–Crippen LogP) is 2.88. The average molecular weight is 358 g/mol. The van der Waals surface area contributed by atoms with Gasteiger partial charge in [0, 0.05) is 24.7 Å². The standard InChI is InChI=1S/C15H16F2N2O4S/c1-4-19-13(8-20)18-14(9(2)3)15(19)24(21,22)23-12-6-10(16)5-11(17)7-12/h5-9H,4H2,1-3H3. The quantitative estimate of drug-likeness (QED) is 0.586. The van der Waals surface area contributed by atoms with Crippen LogP contribution in [-0.2, 0) is 16.7 Å². The fraction of sp³-hybridized carbons (Fsp3) is 0.333. The summed E-state index contributed by atoms with van der Waals surface area (Å²) in [6, 6.07) is 2.10. The Kier molecular flexibility index (Phi) is 5.02. The number of halogens is 2. The highest BCUT2D eigenvalue weighted by Gasteiger charge is 2.31. The normalized spacial score (nSPS) is 11.8. The zero-order valence-corrected chi connectivity index (χ0v) is 14.1. The highest BCUT2D eigenvalue weighted by molar-refractivity contribution is 7.87. The zero-order chi connectivity index (χ0) is 18.1. The number of nitrogens with zero attached hydrogens (tertiary/aromatic N) is 2. The Labute approximate surface area is 138 Å². The molecule has 9 heteroatoms. The van der Waals surface area contributed by atoms with Gasteiger partial charge in [0.15, 0.2) is 17.1 Å². The number of aldehydes is 1. The van der Waals surface area contributed by atoms with E-state index in [4.69, 9.17) is 4.18 Å². The van der Waals surface area contributed by atoms with Crippen LogP contribution in [0.4, 0.5) is 8.78 Å². The fourth-order valence-corrected chi connectivity index (χ4v) is 3.71. The molecule has 0 unspecified atom stereocenters. The van der Waals surface area contributed by atoms with Crippen molar-refractivity contribution in [2.45, 2.75) is 38.3 Å². The van der Waals surface area contributed by atoms with Crippen LogP contribution in [0, 0.1) is 11.6 Å². The number of hydrogen-bond acceptors (Lipinski definition) is 5. The van der Waals surface area contributed by atoms with Crippen molar-refractivity contribution in [3.8, 4) is 5.75 Å². The first-order valence-corrected chi connectivity index (χ1v) is 8.56. The predicted molar refractivity (Wildman–Crippen MR) is 81.5 cm³/mol. The maximum Gasteiger partial charge on any atom is 0.357 e. The van der Waals surface area contributed by atoms with E-state index in [1.807, 2.05) is 0 Å². The van der Waals surface area contributed by atoms with Crippen LogP contribution >= 0.6 is 0 Å². The second kappa shape index (κ2) is 6.68. The number of benzene rings is 1. The van der Waals surface area contributed by atoms with Crippen LogP contribution in [0.25, 0.3) is 0 Å². The molecule has 1 aromatic carbocycles. The maximum atomic E-state index is 13.2. The van der Waals surface area contributed by atoms with E-state index in [1.165, 1.54) is 4.57 Å². The summed E-state index contributed by atoms with van der Waals surface area (Å²) < 4.78 is 57.8. The minimum Gasteiger partial charge on any atom is -0.378 e. The van der Waals surface area contributed by atoms with Gasteiger partial charge in [-0.2, -0.15) is 8.42 Å². The molecule has 0 radical (unpaired) electrons. The molecule has 0 N–H and O–H groups in total. The lowest BCUT2D eigenvalue weighted by Crippen LogP contribution is -2.18. The van der Waals surface area contributed by atoms with Crippen LogP contribution in [0.3, 0.4) is 0 Å². The van der Waals surface area contributed by atoms with Crippen LogP contribution in [0.2, 0.25) is 0 Å². The molecule has 0 aliphatic rings. The molecule has 0 fully saturated rings. The minimum atomic E-state index is -4.45. The van der Waals surface area contributed by atoms with Gasteiger partial charge < -0.3 is 8.75 Å². The number of imidazole rings is 1. The van der Waals surface area contributed by atoms with Crippen molar-refractivity contribution in [1.82, 2.24) is 9.55 Å². The van der Waals surface area contributed by atoms with Gasteiger partial charge in [0.1, 0.15) is 17.4 Å². The molecular weight excluding hydrogens is 342 g/mol. The molecule has 0 bridgehead atoms. The lowest BCUT2D eigenvalue weighted by Gasteiger charge is -2.12. The van der Waals surface area contributed by atoms with E-state index in [2.05, 4.69) is 4.98 Å². The molecule has 0 aliphatic heterocycles. The number of hydrogen-bond donors (Lipinski definition) is 0. The van der Waals surface area contributed by atoms with Crippen molar-refractivity contribution in [2.24, 2.45) is 0 Å². The molecule has 0 saturated carbocycles. The fourth-order valence-electron chi connectivity index (χ4n) is 2.25. The van der Waals surface area contributed by atoms with E-state index in [0.29, 0.717) is 12.4 Å². The van der Waals surface area contributed by atoms with Gasteiger partial charge in [-0.15, -0.1) is 0 Å². The number of rotatable bonds is 6. The Balaban J connectivity index is 2.60. The van der Waals surface area contributed by atoms with E-state index < -0.39 is 27.5 Å². The van der Waals surface area contributed by atoms with Crippen molar-refractivity contribution >= 4 is 16.4 Å². The summed E-state index contributed by atoms with van der Waals surface area (Å²) in [6.45, 7) is 5.21. The molecule has 2 rings (SSSR count). The summed E-state index contributed by atoms with van der Waals surface area (Å²) in [6.07, 6.45) is 0.441. The topological polar surface area (TPSA) is 78.3 Å². The highest BCUT2D eigenvalue weighted by atomic mass is 32.2. The van der Waals surface area contributed by atoms with Gasteiger partial charge >= 0.3 is 10.1 Å². The van der Waals surface area contributed by atoms with Crippen LogP contribution in [-0.4, -0.2) is 24.3 Å². The summed E-state index contributed by atoms with van der Waals surface area (Å²) in [5, 5.41) is -0.299. The van der Waals surface area contributed by atoms with Crippen LogP contribution in [0.5, 0.6) is 5.75 Å². The first-order chi connectivity index (χ1) is 11.2. The van der Waals surface area contributed by atoms with Gasteiger partial charge in [-0.1, -0.05) is 13.8 Å². The molecule has 1 heterocycles. The lowest BCUT2D eigenvalue weighted by molar-refractivity contribution is 0.111. The molecule has 0 aliphatic carbocycles. The molecule has 2 aromatic rings. The number of aromatic nitrogens is 2. The molecule has 6 nitrogen and oxygen atoms in total. The number of carbonyl (C=O) groups is 1. The summed E-state index contributed by atoms with van der Waals surface area (Å²) in [4.78, 5) is 15.2. The van der Waals surface area contributed by atoms with E-state index in [-0.39, 0.29) is 29.0 Å². The highest BCUT2D eigenvalue weighted by Crippen LogP contribution is 2.28. The second-order valence-electron chi connectivity index (χ2n) is 5.32. The lowest BCUT2D eigenvalue weighted by atomic mass is 10.1. The third-order valence-corrected chi connectivity index (χ3v) is 4.54. The van der Waals surface area contributed by atoms with Gasteiger partial charge in [-0.3, -0.25) is 4.79 Å². The van der Waals surface area contributed by atoms with Crippen LogP contribution in [0.15, 0.2) is 23.2 Å². The Morgan fingerprint density at radius 3 is 2.29 bits per heavy atom. The van der Waals surface area contributed by atoms with Crippen molar-refractivity contribution in [2.75, 3.05) is 0 Å². The van der Waals surface area contributed by atoms with Gasteiger partial charge in [0.25, 0.3) is 0 Å². The van der Waals surface area contributed by atoms with E-state index in [0.717, 1.165) is 12.1 Å². The van der Waals surface area contributed by atoms with E-state index >= 15 is 0 Å². The average Bonchev–Trinajstić information content (AvgIpc) is 2.85. The zero-order valence-electron chi connectivity index (χ0n) is 13.3. The molecule has 0 amide bonds. The molecule has 0 atom stereocenters.